The first-order chi connectivity index (χ1) is 14.8. The van der Waals surface area contributed by atoms with E-state index >= 15 is 0 Å². The van der Waals surface area contributed by atoms with Crippen LogP contribution in [-0.2, 0) is 11.3 Å². The van der Waals surface area contributed by atoms with E-state index in [2.05, 4.69) is 6.58 Å². The third-order valence-electron chi connectivity index (χ3n) is 5.08. The number of carbonyl (C=O) groups is 2. The zero-order valence-corrected chi connectivity index (χ0v) is 17.2. The molecule has 4 N–H and O–H groups in total. The molecule has 0 aromatic heterocycles. The fraction of sp³-hybridized carbons (Fsp3) is 0.273. The summed E-state index contributed by atoms with van der Waals surface area (Å²) < 4.78 is 20.0. The van der Waals surface area contributed by atoms with E-state index in [1.807, 2.05) is 5.48 Å². The molecule has 3 rings (SSSR count). The molecule has 1 saturated heterocycles. The van der Waals surface area contributed by atoms with E-state index < -0.39 is 17.7 Å². The Balaban J connectivity index is 0.00000363. The largest absolute Gasteiger partial charge is 0.445 e. The van der Waals surface area contributed by atoms with Gasteiger partial charge in [0.1, 0.15) is 12.4 Å². The monoisotopic (exact) mass is 430 g/mol. The number of rotatable bonds is 6. The van der Waals surface area contributed by atoms with Gasteiger partial charge in [-0.2, -0.15) is 0 Å². The molecule has 1 fully saturated rings. The highest BCUT2D eigenvalue weighted by molar-refractivity contribution is 6.11. The number of nitrogens with zero attached hydrogens (tertiary/aromatic N) is 2. The maximum absolute atomic E-state index is 14.7. The molecule has 1 amide bonds. The molecular formula is C22H27FN4O4. The van der Waals surface area contributed by atoms with Crippen molar-refractivity contribution in [1.82, 2.24) is 4.90 Å². The van der Waals surface area contributed by atoms with Gasteiger partial charge in [0.2, 0.25) is 0 Å². The summed E-state index contributed by atoms with van der Waals surface area (Å²) in [5, 5.41) is 8.82. The van der Waals surface area contributed by atoms with Crippen molar-refractivity contribution in [2.45, 2.75) is 13.5 Å². The normalized spacial score (nSPS) is 13.6. The van der Waals surface area contributed by atoms with Crippen LogP contribution >= 0.6 is 0 Å². The number of nitrogens with one attached hydrogen (secondary N) is 1. The minimum absolute atomic E-state index is 0. The van der Waals surface area contributed by atoms with Crippen LogP contribution in [0.3, 0.4) is 0 Å². The van der Waals surface area contributed by atoms with Crippen molar-refractivity contribution in [3.05, 3.63) is 65.5 Å². The van der Waals surface area contributed by atoms with Crippen molar-refractivity contribution in [2.75, 3.05) is 42.3 Å². The zero-order chi connectivity index (χ0) is 22.5. The van der Waals surface area contributed by atoms with Crippen molar-refractivity contribution in [2.24, 2.45) is 0 Å². The van der Waals surface area contributed by atoms with Crippen LogP contribution in [0.4, 0.5) is 26.2 Å². The van der Waals surface area contributed by atoms with Crippen molar-refractivity contribution >= 4 is 28.9 Å². The standard InChI is InChI=1S/C22H25FN4O4.H2/c1-14(2)21(28)17-11-18(23)20(12-19(17)24)26-7-9-27(10-8-26)22(29)31-13-15-3-5-16(25-30)6-4-15;/h3-6,11-12,25,30H,1,7-10,13,24H2,2H3;1H. The average molecular weight is 430 g/mol. The fourth-order valence-corrected chi connectivity index (χ4v) is 3.29. The third-order valence-corrected chi connectivity index (χ3v) is 5.08. The van der Waals surface area contributed by atoms with Crippen LogP contribution < -0.4 is 16.1 Å². The van der Waals surface area contributed by atoms with E-state index in [1.165, 1.54) is 6.07 Å². The van der Waals surface area contributed by atoms with E-state index in [4.69, 9.17) is 15.7 Å². The molecule has 31 heavy (non-hydrogen) atoms. The predicted octanol–water partition coefficient (Wildman–Crippen LogP) is 3.67. The second kappa shape index (κ2) is 9.48. The van der Waals surface area contributed by atoms with E-state index in [0.717, 1.165) is 11.6 Å². The highest BCUT2D eigenvalue weighted by atomic mass is 19.1. The summed E-state index contributed by atoms with van der Waals surface area (Å²) in [6.07, 6.45) is -0.452. The number of piperazine rings is 1. The Morgan fingerprint density at radius 3 is 2.45 bits per heavy atom. The van der Waals surface area contributed by atoms with Gasteiger partial charge in [0.15, 0.2) is 5.78 Å². The summed E-state index contributed by atoms with van der Waals surface area (Å²) in [5.74, 6) is -0.937. The average Bonchev–Trinajstić information content (AvgIpc) is 2.78. The van der Waals surface area contributed by atoms with Crippen LogP contribution in [0, 0.1) is 5.82 Å². The summed E-state index contributed by atoms with van der Waals surface area (Å²) >= 11 is 0. The molecule has 166 valence electrons. The third kappa shape index (κ3) is 5.13. The lowest BCUT2D eigenvalue weighted by Gasteiger charge is -2.35. The van der Waals surface area contributed by atoms with E-state index in [0.29, 0.717) is 37.6 Å². The first-order valence-electron chi connectivity index (χ1n) is 9.75. The highest BCUT2D eigenvalue weighted by Gasteiger charge is 2.25. The van der Waals surface area contributed by atoms with Crippen LogP contribution in [0.5, 0.6) is 0 Å². The Bertz CT molecular complexity index is 992. The molecule has 1 aliphatic rings. The molecule has 0 radical (unpaired) electrons. The molecule has 0 atom stereocenters. The number of allylic oxidation sites excluding steroid dienone is 1. The summed E-state index contributed by atoms with van der Waals surface area (Å²) in [7, 11) is 0. The molecule has 0 unspecified atom stereocenters. The lowest BCUT2D eigenvalue weighted by Crippen LogP contribution is -2.49. The van der Waals surface area contributed by atoms with Gasteiger partial charge in [-0.1, -0.05) is 18.7 Å². The summed E-state index contributed by atoms with van der Waals surface area (Å²) in [5.41, 5.74) is 10.2. The van der Waals surface area contributed by atoms with Gasteiger partial charge in [-0.25, -0.2) is 9.18 Å². The van der Waals surface area contributed by atoms with Gasteiger partial charge >= 0.3 is 6.09 Å². The Labute approximate surface area is 181 Å². The zero-order valence-electron chi connectivity index (χ0n) is 17.2. The van der Waals surface area contributed by atoms with Crippen molar-refractivity contribution in [1.29, 1.82) is 0 Å². The summed E-state index contributed by atoms with van der Waals surface area (Å²) in [4.78, 5) is 27.8. The van der Waals surface area contributed by atoms with Gasteiger partial charge in [0.05, 0.1) is 11.4 Å². The molecule has 8 nitrogen and oxygen atoms in total. The number of ketones is 1. The van der Waals surface area contributed by atoms with Gasteiger partial charge in [-0.3, -0.25) is 15.5 Å². The number of hydrogen-bond acceptors (Lipinski definition) is 7. The molecule has 0 spiro atoms. The Morgan fingerprint density at radius 2 is 1.87 bits per heavy atom. The van der Waals surface area contributed by atoms with Gasteiger partial charge in [0.25, 0.3) is 0 Å². The number of benzene rings is 2. The summed E-state index contributed by atoms with van der Waals surface area (Å²) in [6, 6.07) is 9.39. The number of halogens is 1. The topological polar surface area (TPSA) is 108 Å². The molecule has 0 bridgehead atoms. The number of anilines is 3. The van der Waals surface area contributed by atoms with E-state index in [9.17, 15) is 14.0 Å². The maximum Gasteiger partial charge on any atom is 0.410 e. The van der Waals surface area contributed by atoms with Gasteiger partial charge in [0, 0.05) is 38.9 Å². The molecule has 2 aromatic rings. The lowest BCUT2D eigenvalue weighted by molar-refractivity contribution is 0.0941. The first-order valence-corrected chi connectivity index (χ1v) is 9.75. The van der Waals surface area contributed by atoms with Crippen LogP contribution in [0.2, 0.25) is 0 Å². The number of Topliss-reactive ketones (excluding diaryl/α,β-unsaturated/α-hetero) is 1. The van der Waals surface area contributed by atoms with E-state index in [-0.39, 0.29) is 24.9 Å². The van der Waals surface area contributed by atoms with E-state index in [1.54, 1.807) is 41.0 Å². The SMILES string of the molecule is C=C(C)C(=O)c1cc(F)c(N2CCN(C(=O)OCc3ccc(NO)cc3)CC2)cc1N.[HH]. The molecule has 2 aromatic carbocycles. The van der Waals surface area contributed by atoms with Crippen molar-refractivity contribution in [3.8, 4) is 0 Å². The lowest BCUT2D eigenvalue weighted by atomic mass is 10.0. The van der Waals surface area contributed by atoms with Crippen LogP contribution in [0.25, 0.3) is 0 Å². The second-order valence-electron chi connectivity index (χ2n) is 7.34. The Hall–Kier alpha value is -3.59. The molecule has 0 saturated carbocycles. The molecule has 1 heterocycles. The second-order valence-corrected chi connectivity index (χ2v) is 7.34. The molecular weight excluding hydrogens is 403 g/mol. The van der Waals surface area contributed by atoms with Crippen LogP contribution in [-0.4, -0.2) is 48.2 Å². The number of nitrogen functional groups attached to an aromatic ring is 1. The van der Waals surface area contributed by atoms with Crippen LogP contribution in [0.1, 0.15) is 24.3 Å². The first kappa shape index (κ1) is 22.1. The van der Waals surface area contributed by atoms with Crippen molar-refractivity contribution in [3.63, 3.8) is 0 Å². The number of amides is 1. The number of nitrogens with two attached hydrogens (primary N) is 1. The van der Waals surface area contributed by atoms with Crippen LogP contribution in [0.15, 0.2) is 48.6 Å². The highest BCUT2D eigenvalue weighted by Crippen LogP contribution is 2.28. The molecule has 1 aliphatic heterocycles. The fourth-order valence-electron chi connectivity index (χ4n) is 3.29. The number of hydrogen-bond donors (Lipinski definition) is 3. The maximum atomic E-state index is 14.7. The number of carbonyl (C=O) groups excluding carboxylic acids is 2. The summed E-state index contributed by atoms with van der Waals surface area (Å²) in [6.45, 7) is 6.75. The van der Waals surface area contributed by atoms with Gasteiger partial charge in [-0.05, 0) is 42.3 Å². The predicted molar refractivity (Wildman–Crippen MR) is 118 cm³/mol. The Morgan fingerprint density at radius 1 is 1.23 bits per heavy atom. The minimum atomic E-state index is -0.546. The van der Waals surface area contributed by atoms with Gasteiger partial charge < -0.3 is 20.3 Å². The smallest absolute Gasteiger partial charge is 0.410 e. The number of ether oxygens (including phenoxy) is 1. The van der Waals surface area contributed by atoms with Crippen molar-refractivity contribution < 1.29 is 25.4 Å². The molecule has 0 aliphatic carbocycles. The quantitative estimate of drug-likeness (QED) is 0.278. The molecule has 9 heteroatoms. The minimum Gasteiger partial charge on any atom is -0.445 e. The van der Waals surface area contributed by atoms with Gasteiger partial charge in [-0.15, -0.1) is 0 Å². The Kier molecular flexibility index (Phi) is 6.76.